The van der Waals surface area contributed by atoms with Gasteiger partial charge in [-0.1, -0.05) is 53.5 Å². The summed E-state index contributed by atoms with van der Waals surface area (Å²) in [7, 11) is 0. The first-order chi connectivity index (χ1) is 14.7. The molecule has 31 heavy (non-hydrogen) atoms. The van der Waals surface area contributed by atoms with Gasteiger partial charge in [0.1, 0.15) is 17.9 Å². The fraction of sp³-hybridized carbons (Fsp3) is 0.0870. The molecule has 0 amide bonds. The number of fused-ring (bicyclic) bond motifs is 1. The summed E-state index contributed by atoms with van der Waals surface area (Å²) in [4.78, 5) is 13.0. The topological polar surface area (TPSA) is 39.4 Å². The lowest BCUT2D eigenvalue weighted by Crippen LogP contribution is -2.16. The summed E-state index contributed by atoms with van der Waals surface area (Å²) < 4.78 is 52.1. The molecule has 0 N–H and O–H groups in total. The Balaban J connectivity index is 1.81. The molecular formula is C23H13Cl2F3O3. The van der Waals surface area contributed by atoms with Crippen molar-refractivity contribution in [3.63, 3.8) is 0 Å². The first-order valence-corrected chi connectivity index (χ1v) is 9.80. The lowest BCUT2D eigenvalue weighted by atomic mass is 10.0. The van der Waals surface area contributed by atoms with Crippen LogP contribution in [0.5, 0.6) is 5.75 Å². The molecule has 4 rings (SSSR count). The molecule has 0 unspecified atom stereocenters. The summed E-state index contributed by atoms with van der Waals surface area (Å²) in [5, 5.41) is 0.534. The summed E-state index contributed by atoms with van der Waals surface area (Å²) in [6.45, 7) is 0.139. The second kappa shape index (κ2) is 8.29. The van der Waals surface area contributed by atoms with Crippen molar-refractivity contribution in [3.8, 4) is 16.9 Å². The molecule has 4 aromatic rings. The third-order valence-corrected chi connectivity index (χ3v) is 5.12. The lowest BCUT2D eigenvalue weighted by Gasteiger charge is -2.14. The van der Waals surface area contributed by atoms with E-state index in [-0.39, 0.29) is 33.9 Å². The third kappa shape index (κ3) is 4.40. The van der Waals surface area contributed by atoms with Gasteiger partial charge in [0.15, 0.2) is 0 Å². The van der Waals surface area contributed by atoms with Crippen molar-refractivity contribution in [1.82, 2.24) is 0 Å². The van der Waals surface area contributed by atoms with Crippen molar-refractivity contribution in [2.75, 3.05) is 0 Å². The van der Waals surface area contributed by atoms with E-state index in [0.717, 1.165) is 5.56 Å². The Labute approximate surface area is 184 Å². The quantitative estimate of drug-likeness (QED) is 0.316. The number of alkyl halides is 3. The van der Waals surface area contributed by atoms with Gasteiger partial charge in [-0.25, -0.2) is 0 Å². The molecule has 3 nitrogen and oxygen atoms in total. The van der Waals surface area contributed by atoms with Gasteiger partial charge in [-0.2, -0.15) is 13.2 Å². The van der Waals surface area contributed by atoms with Gasteiger partial charge in [-0.05, 0) is 35.9 Å². The van der Waals surface area contributed by atoms with Crippen LogP contribution in [0.25, 0.3) is 22.1 Å². The van der Waals surface area contributed by atoms with E-state index in [1.54, 1.807) is 30.3 Å². The van der Waals surface area contributed by atoms with Crippen LogP contribution in [0.15, 0.2) is 75.9 Å². The molecule has 158 valence electrons. The summed E-state index contributed by atoms with van der Waals surface area (Å²) in [6, 6.07) is 16.9. The Hall–Kier alpha value is -2.96. The van der Waals surface area contributed by atoms with Crippen molar-refractivity contribution in [2.45, 2.75) is 12.8 Å². The first kappa shape index (κ1) is 21.3. The van der Waals surface area contributed by atoms with E-state index >= 15 is 0 Å². The monoisotopic (exact) mass is 464 g/mol. The van der Waals surface area contributed by atoms with Gasteiger partial charge >= 0.3 is 6.18 Å². The van der Waals surface area contributed by atoms with Crippen molar-refractivity contribution >= 4 is 34.2 Å². The Bertz CT molecular complexity index is 1330. The average Bonchev–Trinajstić information content (AvgIpc) is 2.72. The molecule has 0 fully saturated rings. The van der Waals surface area contributed by atoms with Gasteiger partial charge < -0.3 is 9.15 Å². The largest absolute Gasteiger partial charge is 0.489 e. The molecule has 0 saturated heterocycles. The maximum absolute atomic E-state index is 13.8. The van der Waals surface area contributed by atoms with Gasteiger partial charge in [-0.3, -0.25) is 4.79 Å². The van der Waals surface area contributed by atoms with Gasteiger partial charge in [-0.15, -0.1) is 0 Å². The zero-order valence-electron chi connectivity index (χ0n) is 15.7. The highest BCUT2D eigenvalue weighted by Crippen LogP contribution is 2.39. The van der Waals surface area contributed by atoms with Crippen LogP contribution in [0.4, 0.5) is 13.2 Å². The SMILES string of the molecule is O=c1c(-c2ccccc2Cl)c(C(F)(F)F)oc2cc(OCc3cccc(Cl)c3)ccc12. The summed E-state index contributed by atoms with van der Waals surface area (Å²) in [5.41, 5.74) is -0.967. The Kier molecular flexibility index (Phi) is 5.69. The van der Waals surface area contributed by atoms with Crippen LogP contribution >= 0.6 is 23.2 Å². The van der Waals surface area contributed by atoms with Crippen LogP contribution in [0.1, 0.15) is 11.3 Å². The highest BCUT2D eigenvalue weighted by atomic mass is 35.5. The van der Waals surface area contributed by atoms with E-state index < -0.39 is 22.9 Å². The van der Waals surface area contributed by atoms with Crippen LogP contribution in [0, 0.1) is 0 Å². The van der Waals surface area contributed by atoms with Crippen molar-refractivity contribution < 1.29 is 22.3 Å². The number of rotatable bonds is 4. The van der Waals surface area contributed by atoms with E-state index in [1.165, 1.54) is 36.4 Å². The van der Waals surface area contributed by atoms with Crippen LogP contribution in [-0.4, -0.2) is 0 Å². The number of hydrogen-bond donors (Lipinski definition) is 0. The highest BCUT2D eigenvalue weighted by molar-refractivity contribution is 6.33. The second-order valence-corrected chi connectivity index (χ2v) is 7.53. The zero-order valence-corrected chi connectivity index (χ0v) is 17.2. The molecule has 3 aromatic carbocycles. The highest BCUT2D eigenvalue weighted by Gasteiger charge is 2.39. The minimum atomic E-state index is -4.90. The molecule has 0 aliphatic carbocycles. The molecule has 0 radical (unpaired) electrons. The van der Waals surface area contributed by atoms with E-state index in [0.29, 0.717) is 5.02 Å². The van der Waals surface area contributed by atoms with Crippen molar-refractivity contribution in [2.24, 2.45) is 0 Å². The number of halogens is 5. The smallest absolute Gasteiger partial charge is 0.450 e. The Morgan fingerprint density at radius 2 is 1.71 bits per heavy atom. The molecule has 0 aliphatic rings. The van der Waals surface area contributed by atoms with E-state index in [1.807, 2.05) is 0 Å². The third-order valence-electron chi connectivity index (χ3n) is 4.56. The molecular weight excluding hydrogens is 452 g/mol. The summed E-state index contributed by atoms with van der Waals surface area (Å²) >= 11 is 12.0. The van der Waals surface area contributed by atoms with Gasteiger partial charge in [0.25, 0.3) is 0 Å². The maximum atomic E-state index is 13.8. The van der Waals surface area contributed by atoms with Crippen LogP contribution in [-0.2, 0) is 12.8 Å². The average molecular weight is 465 g/mol. The van der Waals surface area contributed by atoms with E-state index in [9.17, 15) is 18.0 Å². The molecule has 0 saturated carbocycles. The molecule has 8 heteroatoms. The fourth-order valence-corrected chi connectivity index (χ4v) is 3.61. The maximum Gasteiger partial charge on any atom is 0.450 e. The van der Waals surface area contributed by atoms with Crippen LogP contribution in [0.2, 0.25) is 10.0 Å². The van der Waals surface area contributed by atoms with Crippen molar-refractivity contribution in [3.05, 3.63) is 98.3 Å². The number of hydrogen-bond acceptors (Lipinski definition) is 3. The van der Waals surface area contributed by atoms with Crippen molar-refractivity contribution in [1.29, 1.82) is 0 Å². The van der Waals surface area contributed by atoms with Gasteiger partial charge in [0.05, 0.1) is 10.9 Å². The Morgan fingerprint density at radius 3 is 2.42 bits per heavy atom. The standard InChI is InChI=1S/C23H13Cl2F3O3/c24-14-5-3-4-13(10-14)12-30-15-8-9-17-19(11-15)31-22(23(26,27)28)20(21(17)29)16-6-1-2-7-18(16)25/h1-11H,12H2. The Morgan fingerprint density at radius 1 is 0.935 bits per heavy atom. The van der Waals surface area contributed by atoms with Gasteiger partial charge in [0, 0.05) is 21.7 Å². The second-order valence-electron chi connectivity index (χ2n) is 6.69. The first-order valence-electron chi connectivity index (χ1n) is 9.04. The molecule has 1 heterocycles. The van der Waals surface area contributed by atoms with E-state index in [2.05, 4.69) is 0 Å². The predicted molar refractivity (Wildman–Crippen MR) is 114 cm³/mol. The molecule has 0 bridgehead atoms. The van der Waals surface area contributed by atoms with Crippen LogP contribution < -0.4 is 10.2 Å². The van der Waals surface area contributed by atoms with E-state index in [4.69, 9.17) is 32.4 Å². The number of benzene rings is 3. The fourth-order valence-electron chi connectivity index (χ4n) is 3.16. The summed E-state index contributed by atoms with van der Waals surface area (Å²) in [6.07, 6.45) is -4.90. The molecule has 0 aliphatic heterocycles. The molecule has 0 spiro atoms. The zero-order chi connectivity index (χ0) is 22.2. The minimum Gasteiger partial charge on any atom is -0.489 e. The lowest BCUT2D eigenvalue weighted by molar-refractivity contribution is -0.152. The number of ether oxygens (including phenoxy) is 1. The minimum absolute atomic E-state index is 0.0149. The summed E-state index contributed by atoms with van der Waals surface area (Å²) in [5.74, 6) is -1.17. The normalized spacial score (nSPS) is 11.6. The predicted octanol–water partition coefficient (Wildman–Crippen LogP) is 7.36. The molecule has 1 aromatic heterocycles. The van der Waals surface area contributed by atoms with Crippen LogP contribution in [0.3, 0.4) is 0 Å². The molecule has 0 atom stereocenters. The van der Waals surface area contributed by atoms with Gasteiger partial charge in [0.2, 0.25) is 11.2 Å².